The quantitative estimate of drug-likeness (QED) is 0.131. The van der Waals surface area contributed by atoms with Gasteiger partial charge in [0.1, 0.15) is 23.0 Å². The van der Waals surface area contributed by atoms with Crippen LogP contribution in [-0.2, 0) is 19.0 Å². The molecule has 1 aliphatic carbocycles. The van der Waals surface area contributed by atoms with Gasteiger partial charge in [0.15, 0.2) is 0 Å². The van der Waals surface area contributed by atoms with Crippen molar-refractivity contribution >= 4 is 17.9 Å². The minimum Gasteiger partial charge on any atom is -0.494 e. The number of rotatable bonds is 14. The topological polar surface area (TPSA) is 97.4 Å². The van der Waals surface area contributed by atoms with Crippen LogP contribution < -0.4 is 9.47 Å². The first-order valence-corrected chi connectivity index (χ1v) is 12.6. The molecule has 8 nitrogen and oxygen atoms in total. The molecule has 0 aromatic heterocycles. The monoisotopic (exact) mass is 520 g/mol. The number of carbonyl (C=O) groups excluding carboxylic acids is 3. The third-order valence-corrected chi connectivity index (χ3v) is 5.48. The van der Waals surface area contributed by atoms with Crippen LogP contribution in [0, 0.1) is 0 Å². The molecular weight excluding hydrogens is 488 g/mol. The molecule has 8 heteroatoms. The molecule has 3 rings (SSSR count). The summed E-state index contributed by atoms with van der Waals surface area (Å²) in [6.07, 6.45) is 7.72. The number of ether oxygens (including phenoxy) is 5. The molecule has 0 atom stereocenters. The Morgan fingerprint density at radius 3 is 1.71 bits per heavy atom. The average Bonchev–Trinajstić information content (AvgIpc) is 2.94. The van der Waals surface area contributed by atoms with Crippen LogP contribution in [0.5, 0.6) is 11.5 Å². The van der Waals surface area contributed by atoms with Gasteiger partial charge in [0.2, 0.25) is 0 Å². The summed E-state index contributed by atoms with van der Waals surface area (Å²) in [4.78, 5) is 35.8. The van der Waals surface area contributed by atoms with Crippen molar-refractivity contribution < 1.29 is 38.1 Å². The number of hydrogen-bond acceptors (Lipinski definition) is 8. The maximum Gasteiger partial charge on any atom is 0.343 e. The van der Waals surface area contributed by atoms with Gasteiger partial charge >= 0.3 is 17.9 Å². The van der Waals surface area contributed by atoms with Gasteiger partial charge in [-0.2, -0.15) is 0 Å². The minimum absolute atomic E-state index is 0.365. The molecule has 2 aromatic rings. The smallest absolute Gasteiger partial charge is 0.343 e. The van der Waals surface area contributed by atoms with Gasteiger partial charge in [-0.05, 0) is 86.9 Å². The van der Waals surface area contributed by atoms with Crippen molar-refractivity contribution in [2.75, 3.05) is 19.8 Å². The summed E-state index contributed by atoms with van der Waals surface area (Å²) in [5.41, 5.74) is 0.827. The Bertz CT molecular complexity index is 1160. The molecule has 38 heavy (non-hydrogen) atoms. The fraction of sp³-hybridized carbons (Fsp3) is 0.300. The van der Waals surface area contributed by atoms with E-state index in [1.165, 1.54) is 0 Å². The van der Waals surface area contributed by atoms with E-state index in [1.807, 2.05) is 6.92 Å². The lowest BCUT2D eigenvalue weighted by molar-refractivity contribution is -0.137. The summed E-state index contributed by atoms with van der Waals surface area (Å²) in [6.45, 7) is 6.67. The highest BCUT2D eigenvalue weighted by Gasteiger charge is 2.17. The summed E-state index contributed by atoms with van der Waals surface area (Å²) >= 11 is 0. The van der Waals surface area contributed by atoms with E-state index < -0.39 is 17.9 Å². The van der Waals surface area contributed by atoms with E-state index in [0.29, 0.717) is 66.8 Å². The lowest BCUT2D eigenvalue weighted by Gasteiger charge is -2.15. The largest absolute Gasteiger partial charge is 0.494 e. The predicted octanol–water partition coefficient (Wildman–Crippen LogP) is 5.94. The van der Waals surface area contributed by atoms with Crippen LogP contribution >= 0.6 is 0 Å². The number of hydrogen-bond donors (Lipinski definition) is 0. The zero-order valence-electron chi connectivity index (χ0n) is 21.5. The van der Waals surface area contributed by atoms with Crippen molar-refractivity contribution in [3.05, 3.63) is 96.0 Å². The van der Waals surface area contributed by atoms with E-state index in [0.717, 1.165) is 25.3 Å². The summed E-state index contributed by atoms with van der Waals surface area (Å²) in [5, 5.41) is 0. The standard InChI is InChI=1S/C30H32O8/c1-3-28(31)36-21-7-5-6-20-35-25-14-10-23(11-15-25)30(33)38-27-18-16-26(17-19-27)37-29(32)22-8-12-24(13-9-22)34-4-2/h3,8-16,18H,1,4-7,17,19-21H2,2H3. The van der Waals surface area contributed by atoms with E-state index in [2.05, 4.69) is 6.58 Å². The van der Waals surface area contributed by atoms with E-state index in [1.54, 1.807) is 60.7 Å². The Hall–Kier alpha value is -4.33. The van der Waals surface area contributed by atoms with Gasteiger partial charge in [0, 0.05) is 18.9 Å². The van der Waals surface area contributed by atoms with Crippen LogP contribution in [0.25, 0.3) is 0 Å². The Morgan fingerprint density at radius 1 is 0.737 bits per heavy atom. The van der Waals surface area contributed by atoms with Crippen molar-refractivity contribution in [3.63, 3.8) is 0 Å². The van der Waals surface area contributed by atoms with Crippen LogP contribution in [0.4, 0.5) is 0 Å². The highest BCUT2D eigenvalue weighted by atomic mass is 16.5. The third-order valence-electron chi connectivity index (χ3n) is 5.48. The lowest BCUT2D eigenvalue weighted by atomic mass is 10.1. The van der Waals surface area contributed by atoms with E-state index >= 15 is 0 Å². The van der Waals surface area contributed by atoms with Gasteiger partial charge in [-0.15, -0.1) is 0 Å². The molecule has 0 saturated carbocycles. The molecule has 0 heterocycles. The highest BCUT2D eigenvalue weighted by Crippen LogP contribution is 2.23. The van der Waals surface area contributed by atoms with Crippen LogP contribution in [0.1, 0.15) is 59.7 Å². The van der Waals surface area contributed by atoms with Crippen LogP contribution in [0.3, 0.4) is 0 Å². The summed E-state index contributed by atoms with van der Waals surface area (Å²) in [6, 6.07) is 13.5. The molecule has 0 aliphatic heterocycles. The van der Waals surface area contributed by atoms with Gasteiger partial charge in [-0.1, -0.05) is 6.58 Å². The number of allylic oxidation sites excluding steroid dienone is 4. The maximum absolute atomic E-state index is 12.5. The highest BCUT2D eigenvalue weighted by molar-refractivity contribution is 5.91. The summed E-state index contributed by atoms with van der Waals surface area (Å²) in [7, 11) is 0. The number of benzene rings is 2. The van der Waals surface area contributed by atoms with Gasteiger partial charge in [-0.25, -0.2) is 14.4 Å². The number of carbonyl (C=O) groups is 3. The third kappa shape index (κ3) is 9.28. The van der Waals surface area contributed by atoms with E-state index in [4.69, 9.17) is 23.7 Å². The van der Waals surface area contributed by atoms with Crippen molar-refractivity contribution in [3.8, 4) is 11.5 Å². The van der Waals surface area contributed by atoms with Gasteiger partial charge < -0.3 is 23.7 Å². The lowest BCUT2D eigenvalue weighted by Crippen LogP contribution is -2.10. The normalized spacial score (nSPS) is 12.4. The molecule has 0 fully saturated rings. The van der Waals surface area contributed by atoms with Gasteiger partial charge in [-0.3, -0.25) is 0 Å². The average molecular weight is 521 g/mol. The summed E-state index contributed by atoms with van der Waals surface area (Å²) < 4.78 is 26.9. The second-order valence-corrected chi connectivity index (χ2v) is 8.31. The number of unbranched alkanes of at least 4 members (excludes halogenated alkanes) is 2. The zero-order chi connectivity index (χ0) is 27.2. The molecule has 2 aromatic carbocycles. The van der Waals surface area contributed by atoms with E-state index in [9.17, 15) is 14.4 Å². The molecular formula is C30H32O8. The molecule has 0 radical (unpaired) electrons. The van der Waals surface area contributed by atoms with E-state index in [-0.39, 0.29) is 0 Å². The summed E-state index contributed by atoms with van der Waals surface area (Å²) in [5.74, 6) is 0.998. The van der Waals surface area contributed by atoms with Crippen molar-refractivity contribution in [2.45, 2.75) is 39.0 Å². The zero-order valence-corrected chi connectivity index (χ0v) is 21.5. The first kappa shape index (κ1) is 28.2. The second kappa shape index (κ2) is 15.0. The van der Waals surface area contributed by atoms with Gasteiger partial charge in [0.05, 0.1) is 30.9 Å². The van der Waals surface area contributed by atoms with Crippen LogP contribution in [-0.4, -0.2) is 37.7 Å². The molecule has 0 amide bonds. The molecule has 0 bridgehead atoms. The van der Waals surface area contributed by atoms with Crippen molar-refractivity contribution in [1.82, 2.24) is 0 Å². The SMILES string of the molecule is C=CC(=O)OCCCCCOc1ccc(C(=O)OC2=CC=C(OC(=O)c3ccc(OCC)cc3)CC2)cc1. The maximum atomic E-state index is 12.5. The first-order chi connectivity index (χ1) is 18.5. The van der Waals surface area contributed by atoms with Gasteiger partial charge in [0.25, 0.3) is 0 Å². The van der Waals surface area contributed by atoms with Crippen molar-refractivity contribution in [2.24, 2.45) is 0 Å². The molecule has 0 unspecified atom stereocenters. The number of esters is 3. The van der Waals surface area contributed by atoms with Crippen LogP contribution in [0.15, 0.2) is 84.9 Å². The van der Waals surface area contributed by atoms with Crippen molar-refractivity contribution in [1.29, 1.82) is 0 Å². The molecule has 200 valence electrons. The Labute approximate surface area is 222 Å². The molecule has 0 saturated heterocycles. The predicted molar refractivity (Wildman–Crippen MR) is 141 cm³/mol. The minimum atomic E-state index is -0.472. The Morgan fingerprint density at radius 2 is 1.24 bits per heavy atom. The molecule has 0 N–H and O–H groups in total. The van der Waals surface area contributed by atoms with Crippen LogP contribution in [0.2, 0.25) is 0 Å². The Kier molecular flexibility index (Phi) is 11.2. The first-order valence-electron chi connectivity index (χ1n) is 12.6. The molecule has 1 aliphatic rings. The second-order valence-electron chi connectivity index (χ2n) is 8.31. The molecule has 0 spiro atoms. The fourth-order valence-corrected chi connectivity index (χ4v) is 3.47. The Balaban J connectivity index is 1.39. The fourth-order valence-electron chi connectivity index (χ4n) is 3.47.